The van der Waals surface area contributed by atoms with Crippen LogP contribution < -0.4 is 5.32 Å². The fourth-order valence-corrected chi connectivity index (χ4v) is 2.87. The molecule has 2 rings (SSSR count). The van der Waals surface area contributed by atoms with Crippen LogP contribution in [0.2, 0.25) is 0 Å². The van der Waals surface area contributed by atoms with Gasteiger partial charge in [0.1, 0.15) is 5.82 Å². The van der Waals surface area contributed by atoms with Crippen molar-refractivity contribution in [2.24, 2.45) is 5.41 Å². The number of rotatable bonds is 2. The quantitative estimate of drug-likeness (QED) is 0.846. The number of nitrogens with zero attached hydrogens (tertiary/aromatic N) is 2. The fourth-order valence-electron chi connectivity index (χ4n) is 2.87. The summed E-state index contributed by atoms with van der Waals surface area (Å²) < 4.78 is 38.7. The lowest BCUT2D eigenvalue weighted by molar-refractivity contribution is -0.0891. The first-order valence-corrected chi connectivity index (χ1v) is 6.39. The predicted octanol–water partition coefficient (Wildman–Crippen LogP) is 3.06. The third-order valence-electron chi connectivity index (χ3n) is 3.93. The maximum absolute atomic E-state index is 12.9. The van der Waals surface area contributed by atoms with Gasteiger partial charge in [-0.3, -0.25) is 0 Å². The van der Waals surface area contributed by atoms with Crippen LogP contribution in [0.4, 0.5) is 13.2 Å². The Balaban J connectivity index is 2.56. The van der Waals surface area contributed by atoms with E-state index < -0.39 is 17.2 Å². The highest BCUT2D eigenvalue weighted by molar-refractivity contribution is 5.52. The van der Waals surface area contributed by atoms with Crippen molar-refractivity contribution in [2.45, 2.75) is 26.4 Å². The molecule has 0 fully saturated rings. The summed E-state index contributed by atoms with van der Waals surface area (Å²) in [4.78, 5) is 1.75. The average molecular weight is 283 g/mol. The Morgan fingerprint density at radius 3 is 2.60 bits per heavy atom. The van der Waals surface area contributed by atoms with Crippen LogP contribution in [-0.4, -0.2) is 24.7 Å². The SMILES string of the molecule is CCN1C2=CC(C(F)(F)F)=CCC2(C)C(C#N)=C1NC. The van der Waals surface area contributed by atoms with Crippen molar-refractivity contribution in [1.29, 1.82) is 5.26 Å². The van der Waals surface area contributed by atoms with Crippen LogP contribution in [0.5, 0.6) is 0 Å². The van der Waals surface area contributed by atoms with Crippen LogP contribution in [0.3, 0.4) is 0 Å². The zero-order valence-corrected chi connectivity index (χ0v) is 11.6. The maximum atomic E-state index is 12.9. The van der Waals surface area contributed by atoms with E-state index in [1.807, 2.05) is 13.8 Å². The Morgan fingerprint density at radius 2 is 2.15 bits per heavy atom. The first-order chi connectivity index (χ1) is 9.29. The summed E-state index contributed by atoms with van der Waals surface area (Å²) in [6, 6.07) is 2.15. The Bertz CT molecular complexity index is 563. The number of fused-ring (bicyclic) bond motifs is 1. The van der Waals surface area contributed by atoms with Crippen LogP contribution in [0.25, 0.3) is 0 Å². The fraction of sp³-hybridized carbons (Fsp3) is 0.500. The molecule has 0 aromatic heterocycles. The Morgan fingerprint density at radius 1 is 1.50 bits per heavy atom. The van der Waals surface area contributed by atoms with E-state index in [0.717, 1.165) is 6.08 Å². The second kappa shape index (κ2) is 4.58. The van der Waals surface area contributed by atoms with Gasteiger partial charge in [-0.25, -0.2) is 0 Å². The first-order valence-electron chi connectivity index (χ1n) is 6.39. The second-order valence-corrected chi connectivity index (χ2v) is 5.05. The monoisotopic (exact) mass is 283 g/mol. The predicted molar refractivity (Wildman–Crippen MR) is 69.0 cm³/mol. The van der Waals surface area contributed by atoms with Gasteiger partial charge in [0.2, 0.25) is 0 Å². The van der Waals surface area contributed by atoms with E-state index in [9.17, 15) is 18.4 Å². The van der Waals surface area contributed by atoms with E-state index in [1.54, 1.807) is 11.9 Å². The van der Waals surface area contributed by atoms with Crippen molar-refractivity contribution in [3.8, 4) is 6.07 Å². The average Bonchev–Trinajstić information content (AvgIpc) is 2.63. The van der Waals surface area contributed by atoms with Gasteiger partial charge in [-0.2, -0.15) is 18.4 Å². The van der Waals surface area contributed by atoms with Crippen molar-refractivity contribution >= 4 is 0 Å². The smallest absolute Gasteiger partial charge is 0.374 e. The number of hydrogen-bond donors (Lipinski definition) is 1. The highest BCUT2D eigenvalue weighted by Gasteiger charge is 2.48. The Hall–Kier alpha value is -1.90. The lowest BCUT2D eigenvalue weighted by Crippen LogP contribution is -2.30. The molecule has 0 saturated carbocycles. The van der Waals surface area contributed by atoms with E-state index >= 15 is 0 Å². The highest BCUT2D eigenvalue weighted by atomic mass is 19.4. The molecule has 0 radical (unpaired) electrons. The summed E-state index contributed by atoms with van der Waals surface area (Å²) in [7, 11) is 1.68. The lowest BCUT2D eigenvalue weighted by Gasteiger charge is -2.33. The van der Waals surface area contributed by atoms with E-state index in [4.69, 9.17) is 0 Å². The molecule has 108 valence electrons. The number of nitrogens with one attached hydrogen (secondary N) is 1. The molecule has 6 heteroatoms. The van der Waals surface area contributed by atoms with Gasteiger partial charge in [-0.1, -0.05) is 6.08 Å². The van der Waals surface area contributed by atoms with Crippen molar-refractivity contribution in [3.63, 3.8) is 0 Å². The molecule has 0 amide bonds. The summed E-state index contributed by atoms with van der Waals surface area (Å²) >= 11 is 0. The van der Waals surface area contributed by atoms with Crippen molar-refractivity contribution in [2.75, 3.05) is 13.6 Å². The number of nitriles is 1. The zero-order valence-electron chi connectivity index (χ0n) is 11.6. The minimum absolute atomic E-state index is 0.179. The van der Waals surface area contributed by atoms with Crippen LogP contribution in [0.15, 0.2) is 34.8 Å². The molecule has 1 atom stereocenters. The Labute approximate surface area is 116 Å². The van der Waals surface area contributed by atoms with Crippen molar-refractivity contribution < 1.29 is 13.2 Å². The normalized spacial score (nSPS) is 25.9. The Kier molecular flexibility index (Phi) is 3.32. The molecule has 3 nitrogen and oxygen atoms in total. The molecule has 2 aliphatic rings. The van der Waals surface area contributed by atoms with Crippen LogP contribution >= 0.6 is 0 Å². The third kappa shape index (κ3) is 1.89. The minimum atomic E-state index is -4.36. The van der Waals surface area contributed by atoms with Crippen molar-refractivity contribution in [3.05, 3.63) is 34.8 Å². The minimum Gasteiger partial charge on any atom is -0.374 e. The van der Waals surface area contributed by atoms with Gasteiger partial charge in [0.25, 0.3) is 0 Å². The third-order valence-corrected chi connectivity index (χ3v) is 3.93. The van der Waals surface area contributed by atoms with Gasteiger partial charge in [0, 0.05) is 24.7 Å². The van der Waals surface area contributed by atoms with Crippen molar-refractivity contribution in [1.82, 2.24) is 10.2 Å². The number of halogens is 3. The number of allylic oxidation sites excluding steroid dienone is 4. The van der Waals surface area contributed by atoms with Gasteiger partial charge >= 0.3 is 6.18 Å². The van der Waals surface area contributed by atoms with E-state index in [2.05, 4.69) is 11.4 Å². The van der Waals surface area contributed by atoms with Crippen LogP contribution in [0.1, 0.15) is 20.3 Å². The van der Waals surface area contributed by atoms with Gasteiger partial charge in [0.05, 0.1) is 17.2 Å². The van der Waals surface area contributed by atoms with Gasteiger partial charge in [0.15, 0.2) is 0 Å². The molecular formula is C14H16F3N3. The second-order valence-electron chi connectivity index (χ2n) is 5.05. The summed E-state index contributed by atoms with van der Waals surface area (Å²) in [5.41, 5.74) is -0.294. The summed E-state index contributed by atoms with van der Waals surface area (Å²) in [6.45, 7) is 4.17. The van der Waals surface area contributed by atoms with Gasteiger partial charge < -0.3 is 10.2 Å². The molecule has 1 unspecified atom stereocenters. The molecule has 0 aromatic rings. The summed E-state index contributed by atoms with van der Waals surface area (Å²) in [5, 5.41) is 12.3. The van der Waals surface area contributed by atoms with E-state index in [-0.39, 0.29) is 6.42 Å². The molecule has 0 aromatic carbocycles. The van der Waals surface area contributed by atoms with Crippen LogP contribution in [0, 0.1) is 16.7 Å². The maximum Gasteiger partial charge on any atom is 0.416 e. The molecule has 1 aliphatic heterocycles. The number of alkyl halides is 3. The van der Waals surface area contributed by atoms with Gasteiger partial charge in [-0.05, 0) is 26.3 Å². The molecular weight excluding hydrogens is 267 g/mol. The molecule has 1 heterocycles. The van der Waals surface area contributed by atoms with Crippen LogP contribution in [-0.2, 0) is 0 Å². The summed E-state index contributed by atoms with van der Waals surface area (Å²) in [5.74, 6) is 0.598. The van der Waals surface area contributed by atoms with E-state index in [0.29, 0.717) is 23.6 Å². The van der Waals surface area contributed by atoms with Gasteiger partial charge in [-0.15, -0.1) is 0 Å². The summed E-state index contributed by atoms with van der Waals surface area (Å²) in [6.07, 6.45) is -1.84. The lowest BCUT2D eigenvalue weighted by atomic mass is 9.75. The zero-order chi connectivity index (χ0) is 15.1. The topological polar surface area (TPSA) is 39.1 Å². The first kappa shape index (κ1) is 14.5. The number of hydrogen-bond acceptors (Lipinski definition) is 3. The molecule has 0 bridgehead atoms. The highest BCUT2D eigenvalue weighted by Crippen LogP contribution is 2.52. The standard InChI is InChI=1S/C14H16F3N3/c1-4-20-11-7-9(14(15,16)17)5-6-13(11,2)10(8-18)12(20)19-3/h5,7,19H,4,6H2,1-3H3. The molecule has 0 spiro atoms. The van der Waals surface area contributed by atoms with E-state index in [1.165, 1.54) is 6.08 Å². The molecule has 20 heavy (non-hydrogen) atoms. The molecule has 1 N–H and O–H groups in total. The largest absolute Gasteiger partial charge is 0.416 e. The molecule has 1 aliphatic carbocycles. The molecule has 0 saturated heterocycles.